The Hall–Kier alpha value is -1.58. The van der Waals surface area contributed by atoms with Crippen LogP contribution in [0, 0.1) is 0 Å². The highest BCUT2D eigenvalue weighted by molar-refractivity contribution is 9.10. The number of thioether (sulfide) groups is 1. The van der Waals surface area contributed by atoms with Gasteiger partial charge in [0.15, 0.2) is 11.5 Å². The topological polar surface area (TPSA) is 65.1 Å². The molecule has 0 aromatic heterocycles. The number of methoxy groups -OCH3 is 1. The van der Waals surface area contributed by atoms with E-state index < -0.39 is 0 Å². The number of unbranched alkanes of at least 4 members (excludes halogenated alkanes) is 2. The van der Waals surface area contributed by atoms with Gasteiger partial charge in [0.05, 0.1) is 29.7 Å². The SMILES string of the molecule is CCCOc1c(Br)cc(/C=C2\SC(=S)N(CCCCCC(=O)OC)C2=O)cc1OCC. The largest absolute Gasteiger partial charge is 0.490 e. The second-order valence-corrected chi connectivity index (χ2v) is 9.36. The van der Waals surface area contributed by atoms with Gasteiger partial charge in [-0.15, -0.1) is 0 Å². The molecule has 0 saturated carbocycles. The normalized spacial score (nSPS) is 15.0. The zero-order chi connectivity index (χ0) is 22.8. The number of ether oxygens (including phenoxy) is 3. The molecule has 0 unspecified atom stereocenters. The molecule has 0 spiro atoms. The van der Waals surface area contributed by atoms with E-state index in [2.05, 4.69) is 20.7 Å². The number of thiocarbonyl (C=S) groups is 1. The fourth-order valence-electron chi connectivity index (χ4n) is 2.94. The van der Waals surface area contributed by atoms with E-state index in [-0.39, 0.29) is 11.9 Å². The maximum atomic E-state index is 12.8. The summed E-state index contributed by atoms with van der Waals surface area (Å²) in [6, 6.07) is 3.78. The van der Waals surface area contributed by atoms with Gasteiger partial charge in [-0.1, -0.05) is 37.3 Å². The second-order valence-electron chi connectivity index (χ2n) is 6.83. The van der Waals surface area contributed by atoms with Crippen LogP contribution in [0.3, 0.4) is 0 Å². The molecule has 1 aliphatic heterocycles. The summed E-state index contributed by atoms with van der Waals surface area (Å²) in [7, 11) is 1.39. The fraction of sp³-hybridized carbons (Fsp3) is 0.500. The van der Waals surface area contributed by atoms with Gasteiger partial charge in [0.1, 0.15) is 4.32 Å². The van der Waals surface area contributed by atoms with Gasteiger partial charge >= 0.3 is 5.97 Å². The minimum absolute atomic E-state index is 0.0941. The van der Waals surface area contributed by atoms with Crippen LogP contribution in [0.1, 0.15) is 51.5 Å². The lowest BCUT2D eigenvalue weighted by atomic mass is 10.1. The van der Waals surface area contributed by atoms with E-state index in [4.69, 9.17) is 21.7 Å². The number of hydrogen-bond donors (Lipinski definition) is 0. The molecule has 1 aliphatic rings. The Kier molecular flexibility index (Phi) is 10.8. The number of benzene rings is 1. The lowest BCUT2D eigenvalue weighted by Gasteiger charge is -2.14. The number of hydrogen-bond acceptors (Lipinski definition) is 7. The molecule has 0 bridgehead atoms. The number of amides is 1. The summed E-state index contributed by atoms with van der Waals surface area (Å²) in [6.45, 7) is 5.61. The molecule has 1 fully saturated rings. The quantitative estimate of drug-likeness (QED) is 0.152. The maximum absolute atomic E-state index is 12.8. The summed E-state index contributed by atoms with van der Waals surface area (Å²) in [4.78, 5) is 26.2. The average Bonchev–Trinajstić information content (AvgIpc) is 3.00. The second kappa shape index (κ2) is 13.1. The van der Waals surface area contributed by atoms with Gasteiger partial charge in [0, 0.05) is 13.0 Å². The van der Waals surface area contributed by atoms with Crippen LogP contribution < -0.4 is 9.47 Å². The highest BCUT2D eigenvalue weighted by Gasteiger charge is 2.31. The predicted octanol–water partition coefficient (Wildman–Crippen LogP) is 5.57. The zero-order valence-corrected chi connectivity index (χ0v) is 21.3. The molecule has 1 aromatic carbocycles. The molecule has 1 amide bonds. The first kappa shape index (κ1) is 25.7. The summed E-state index contributed by atoms with van der Waals surface area (Å²) in [5, 5.41) is 0. The van der Waals surface area contributed by atoms with Crippen molar-refractivity contribution in [2.75, 3.05) is 26.9 Å². The first-order valence-corrected chi connectivity index (χ1v) is 12.3. The summed E-state index contributed by atoms with van der Waals surface area (Å²) in [5.41, 5.74) is 0.831. The standard InChI is InChI=1S/C22H28BrNO5S2/c1-4-11-29-20-16(23)12-15(13-17(20)28-5-2)14-18-21(26)24(22(30)31-18)10-8-6-7-9-19(25)27-3/h12-14H,4-11H2,1-3H3/b18-14-. The van der Waals surface area contributed by atoms with E-state index in [1.807, 2.05) is 32.1 Å². The molecule has 1 saturated heterocycles. The third kappa shape index (κ3) is 7.50. The van der Waals surface area contributed by atoms with Crippen molar-refractivity contribution in [2.45, 2.75) is 46.0 Å². The van der Waals surface area contributed by atoms with Crippen LogP contribution in [0.4, 0.5) is 0 Å². The van der Waals surface area contributed by atoms with Crippen molar-refractivity contribution >= 4 is 62.2 Å². The van der Waals surface area contributed by atoms with Crippen molar-refractivity contribution in [1.29, 1.82) is 0 Å². The first-order valence-electron chi connectivity index (χ1n) is 10.3. The molecule has 31 heavy (non-hydrogen) atoms. The lowest BCUT2D eigenvalue weighted by molar-refractivity contribution is -0.140. The lowest BCUT2D eigenvalue weighted by Crippen LogP contribution is -2.29. The molecule has 2 rings (SSSR count). The fourth-order valence-corrected chi connectivity index (χ4v) is 4.82. The van der Waals surface area contributed by atoms with Crippen molar-refractivity contribution in [3.8, 4) is 11.5 Å². The third-order valence-corrected chi connectivity index (χ3v) is 6.41. The highest BCUT2D eigenvalue weighted by atomic mass is 79.9. The van der Waals surface area contributed by atoms with Gasteiger partial charge in [-0.2, -0.15) is 0 Å². The number of carbonyl (C=O) groups is 2. The molecule has 1 aromatic rings. The van der Waals surface area contributed by atoms with Crippen LogP contribution in [0.15, 0.2) is 21.5 Å². The van der Waals surface area contributed by atoms with E-state index in [9.17, 15) is 9.59 Å². The van der Waals surface area contributed by atoms with Crippen molar-refractivity contribution in [2.24, 2.45) is 0 Å². The molecular formula is C22H28BrNO5S2. The van der Waals surface area contributed by atoms with Gasteiger partial charge in [-0.05, 0) is 65.9 Å². The molecule has 9 heteroatoms. The van der Waals surface area contributed by atoms with E-state index in [1.54, 1.807) is 4.90 Å². The summed E-state index contributed by atoms with van der Waals surface area (Å²) in [5.74, 6) is 0.999. The first-order chi connectivity index (χ1) is 14.9. The number of rotatable bonds is 12. The van der Waals surface area contributed by atoms with Gasteiger partial charge in [-0.25, -0.2) is 0 Å². The van der Waals surface area contributed by atoms with E-state index in [0.717, 1.165) is 35.7 Å². The molecular weight excluding hydrogens is 502 g/mol. The minimum Gasteiger partial charge on any atom is -0.490 e. The molecule has 0 N–H and O–H groups in total. The molecule has 0 radical (unpaired) electrons. The number of esters is 1. The van der Waals surface area contributed by atoms with E-state index in [0.29, 0.717) is 46.9 Å². The Morgan fingerprint density at radius 1 is 1.23 bits per heavy atom. The van der Waals surface area contributed by atoms with Crippen LogP contribution >= 0.6 is 39.9 Å². The van der Waals surface area contributed by atoms with E-state index >= 15 is 0 Å². The van der Waals surface area contributed by atoms with Crippen molar-refractivity contribution in [3.05, 3.63) is 27.1 Å². The number of carbonyl (C=O) groups excluding carboxylic acids is 2. The summed E-state index contributed by atoms with van der Waals surface area (Å²) < 4.78 is 17.5. The number of halogens is 1. The summed E-state index contributed by atoms with van der Waals surface area (Å²) >= 11 is 10.3. The molecule has 6 nitrogen and oxygen atoms in total. The summed E-state index contributed by atoms with van der Waals surface area (Å²) in [6.07, 6.45) is 5.45. The Bertz CT molecular complexity index is 843. The third-order valence-electron chi connectivity index (χ3n) is 4.44. The minimum atomic E-state index is -0.211. The van der Waals surface area contributed by atoms with E-state index in [1.165, 1.54) is 18.9 Å². The molecule has 1 heterocycles. The van der Waals surface area contributed by atoms with Crippen LogP contribution in [0.5, 0.6) is 11.5 Å². The van der Waals surface area contributed by atoms with Crippen LogP contribution in [-0.2, 0) is 14.3 Å². The van der Waals surface area contributed by atoms with Crippen molar-refractivity contribution < 1.29 is 23.8 Å². The average molecular weight is 531 g/mol. The monoisotopic (exact) mass is 529 g/mol. The Balaban J connectivity index is 2.07. The molecule has 0 aliphatic carbocycles. The molecule has 0 atom stereocenters. The Labute approximate surface area is 201 Å². The van der Waals surface area contributed by atoms with Crippen molar-refractivity contribution in [1.82, 2.24) is 4.90 Å². The van der Waals surface area contributed by atoms with Gasteiger partial charge in [-0.3, -0.25) is 14.5 Å². The van der Waals surface area contributed by atoms with Crippen LogP contribution in [0.25, 0.3) is 6.08 Å². The van der Waals surface area contributed by atoms with Gasteiger partial charge < -0.3 is 14.2 Å². The zero-order valence-electron chi connectivity index (χ0n) is 18.1. The smallest absolute Gasteiger partial charge is 0.305 e. The maximum Gasteiger partial charge on any atom is 0.305 e. The number of nitrogens with zero attached hydrogens (tertiary/aromatic N) is 1. The Morgan fingerprint density at radius 2 is 2.00 bits per heavy atom. The van der Waals surface area contributed by atoms with Crippen LogP contribution in [0.2, 0.25) is 0 Å². The molecule has 170 valence electrons. The predicted molar refractivity (Wildman–Crippen MR) is 131 cm³/mol. The van der Waals surface area contributed by atoms with Gasteiger partial charge in [0.25, 0.3) is 5.91 Å². The highest BCUT2D eigenvalue weighted by Crippen LogP contribution is 2.39. The van der Waals surface area contributed by atoms with Gasteiger partial charge in [0.2, 0.25) is 0 Å². The Morgan fingerprint density at radius 3 is 2.68 bits per heavy atom. The van der Waals surface area contributed by atoms with Crippen LogP contribution in [-0.4, -0.2) is 48.0 Å². The van der Waals surface area contributed by atoms with Crippen molar-refractivity contribution in [3.63, 3.8) is 0 Å².